The summed E-state index contributed by atoms with van der Waals surface area (Å²) in [6.45, 7) is 0. The van der Waals surface area contributed by atoms with Crippen molar-refractivity contribution in [2.24, 2.45) is 0 Å². The summed E-state index contributed by atoms with van der Waals surface area (Å²) in [6, 6.07) is 0. The summed E-state index contributed by atoms with van der Waals surface area (Å²) in [7, 11) is 0. The van der Waals surface area contributed by atoms with Gasteiger partial charge in [0.25, 0.3) is 12.9 Å². The molecule has 0 aliphatic rings. The number of aromatic nitrogens is 1. The Labute approximate surface area is 78.9 Å². The van der Waals surface area contributed by atoms with Crippen LogP contribution in [0, 0.1) is 0 Å². The fourth-order valence-corrected chi connectivity index (χ4v) is 1.10. The molecule has 8 heteroatoms. The number of alkyl halides is 7. The van der Waals surface area contributed by atoms with Gasteiger partial charge < -0.3 is 4.98 Å². The third-order valence-electron chi connectivity index (χ3n) is 1.69. The van der Waals surface area contributed by atoms with Gasteiger partial charge in [0.1, 0.15) is 0 Å². The van der Waals surface area contributed by atoms with E-state index in [0.717, 1.165) is 0 Å². The van der Waals surface area contributed by atoms with Gasteiger partial charge in [0, 0.05) is 6.20 Å². The maximum absolute atomic E-state index is 12.2. The second kappa shape index (κ2) is 3.74. The second-order valence-corrected chi connectivity index (χ2v) is 2.63. The van der Waals surface area contributed by atoms with Crippen LogP contribution >= 0.6 is 0 Å². The zero-order valence-corrected chi connectivity index (χ0v) is 6.88. The third-order valence-corrected chi connectivity index (χ3v) is 1.69. The number of halogens is 7. The lowest BCUT2D eigenvalue weighted by Crippen LogP contribution is -2.08. The summed E-state index contributed by atoms with van der Waals surface area (Å²) in [5, 5.41) is 0. The summed E-state index contributed by atoms with van der Waals surface area (Å²) < 4.78 is 84.7. The van der Waals surface area contributed by atoms with E-state index in [0.29, 0.717) is 0 Å². The minimum absolute atomic E-state index is 0.114. The molecule has 1 aromatic heterocycles. The molecule has 0 aliphatic carbocycles. The SMILES string of the molecule is FC(F)c1[nH]cc(C(F)(F)F)c1C(F)F. The van der Waals surface area contributed by atoms with Crippen LogP contribution in [0.1, 0.15) is 29.7 Å². The van der Waals surface area contributed by atoms with Crippen molar-refractivity contribution < 1.29 is 30.7 Å². The number of H-pyrrole nitrogens is 1. The normalized spacial score (nSPS) is 12.9. The highest BCUT2D eigenvalue weighted by Gasteiger charge is 2.39. The highest BCUT2D eigenvalue weighted by molar-refractivity contribution is 5.35. The topological polar surface area (TPSA) is 15.8 Å². The number of nitrogens with one attached hydrogen (secondary N) is 1. The van der Waals surface area contributed by atoms with Gasteiger partial charge in [0.2, 0.25) is 0 Å². The van der Waals surface area contributed by atoms with Crippen molar-refractivity contribution >= 4 is 0 Å². The van der Waals surface area contributed by atoms with E-state index in [1.807, 2.05) is 0 Å². The van der Waals surface area contributed by atoms with Crippen molar-refractivity contribution in [2.75, 3.05) is 0 Å². The Morgan fingerprint density at radius 3 is 1.87 bits per heavy atom. The maximum Gasteiger partial charge on any atom is 0.418 e. The molecule has 1 nitrogen and oxygen atoms in total. The van der Waals surface area contributed by atoms with Crippen LogP contribution in [0.5, 0.6) is 0 Å². The van der Waals surface area contributed by atoms with Gasteiger partial charge in [-0.05, 0) is 0 Å². The zero-order valence-electron chi connectivity index (χ0n) is 6.88. The van der Waals surface area contributed by atoms with Crippen LogP contribution in [0.25, 0.3) is 0 Å². The molecular weight excluding hydrogens is 231 g/mol. The molecule has 0 aromatic carbocycles. The number of aromatic amines is 1. The van der Waals surface area contributed by atoms with Crippen molar-refractivity contribution in [2.45, 2.75) is 19.0 Å². The molecule has 0 saturated carbocycles. The number of hydrogen-bond acceptors (Lipinski definition) is 0. The van der Waals surface area contributed by atoms with Gasteiger partial charge in [0.15, 0.2) is 0 Å². The molecule has 0 fully saturated rings. The van der Waals surface area contributed by atoms with E-state index in [2.05, 4.69) is 0 Å². The summed E-state index contributed by atoms with van der Waals surface area (Å²) >= 11 is 0. The van der Waals surface area contributed by atoms with Crippen LogP contribution in [0.15, 0.2) is 6.20 Å². The Morgan fingerprint density at radius 1 is 1.00 bits per heavy atom. The van der Waals surface area contributed by atoms with Gasteiger partial charge in [-0.1, -0.05) is 0 Å². The molecule has 1 heterocycles. The average molecular weight is 235 g/mol. The van der Waals surface area contributed by atoms with Gasteiger partial charge in [0.05, 0.1) is 16.8 Å². The fraction of sp³-hybridized carbons (Fsp3) is 0.429. The molecule has 0 aliphatic heterocycles. The van der Waals surface area contributed by atoms with Crippen LogP contribution < -0.4 is 0 Å². The van der Waals surface area contributed by atoms with E-state index in [-0.39, 0.29) is 6.20 Å². The second-order valence-electron chi connectivity index (χ2n) is 2.63. The van der Waals surface area contributed by atoms with Crippen LogP contribution in [0.3, 0.4) is 0 Å². The smallest absolute Gasteiger partial charge is 0.359 e. The first-order valence-corrected chi connectivity index (χ1v) is 3.59. The summed E-state index contributed by atoms with van der Waals surface area (Å²) in [5.41, 5.74) is -4.83. The molecule has 0 bridgehead atoms. The zero-order chi connectivity index (χ0) is 11.8. The highest BCUT2D eigenvalue weighted by Crippen LogP contribution is 2.40. The van der Waals surface area contributed by atoms with Crippen molar-refractivity contribution in [1.29, 1.82) is 0 Å². The Balaban J connectivity index is 3.31. The van der Waals surface area contributed by atoms with Gasteiger partial charge in [-0.2, -0.15) is 13.2 Å². The molecule has 1 aromatic rings. The molecule has 86 valence electrons. The molecule has 0 saturated heterocycles. The van der Waals surface area contributed by atoms with Crippen molar-refractivity contribution in [3.8, 4) is 0 Å². The lowest BCUT2D eigenvalue weighted by Gasteiger charge is -2.08. The molecule has 15 heavy (non-hydrogen) atoms. The summed E-state index contributed by atoms with van der Waals surface area (Å²) in [4.78, 5) is 1.51. The molecule has 0 radical (unpaired) electrons. The van der Waals surface area contributed by atoms with Crippen molar-refractivity contribution in [3.63, 3.8) is 0 Å². The Kier molecular flexibility index (Phi) is 2.96. The summed E-state index contributed by atoms with van der Waals surface area (Å²) in [6.07, 6.45) is -12.0. The van der Waals surface area contributed by atoms with Gasteiger partial charge in [-0.25, -0.2) is 17.6 Å². The Morgan fingerprint density at radius 2 is 1.53 bits per heavy atom. The van der Waals surface area contributed by atoms with Crippen LogP contribution in [-0.2, 0) is 6.18 Å². The number of hydrogen-bond donors (Lipinski definition) is 1. The van der Waals surface area contributed by atoms with Gasteiger partial charge in [-0.3, -0.25) is 0 Å². The predicted molar refractivity (Wildman–Crippen MR) is 35.7 cm³/mol. The molecule has 1 rings (SSSR count). The number of rotatable bonds is 2. The lowest BCUT2D eigenvalue weighted by atomic mass is 10.1. The summed E-state index contributed by atoms with van der Waals surface area (Å²) in [5.74, 6) is 0. The molecule has 0 amide bonds. The molecular formula is C7H4F7N. The molecule has 0 spiro atoms. The highest BCUT2D eigenvalue weighted by atomic mass is 19.4. The fourth-order valence-electron chi connectivity index (χ4n) is 1.10. The van der Waals surface area contributed by atoms with Crippen molar-refractivity contribution in [3.05, 3.63) is 23.0 Å². The first kappa shape index (κ1) is 11.9. The standard InChI is InChI=1S/C7H4F7N/c8-5(9)3-2(7(12,13)14)1-15-4(3)6(10)11/h1,5-6,15H. The van der Waals surface area contributed by atoms with E-state index in [9.17, 15) is 30.7 Å². The van der Waals surface area contributed by atoms with E-state index >= 15 is 0 Å². The molecule has 0 unspecified atom stereocenters. The minimum atomic E-state index is -5.07. The monoisotopic (exact) mass is 235 g/mol. The van der Waals surface area contributed by atoms with Crippen LogP contribution in [-0.4, -0.2) is 4.98 Å². The lowest BCUT2D eigenvalue weighted by molar-refractivity contribution is -0.139. The van der Waals surface area contributed by atoms with Gasteiger partial charge >= 0.3 is 6.18 Å². The predicted octanol–water partition coefficient (Wildman–Crippen LogP) is 3.91. The first-order valence-electron chi connectivity index (χ1n) is 3.59. The van der Waals surface area contributed by atoms with E-state index in [4.69, 9.17) is 0 Å². The van der Waals surface area contributed by atoms with Crippen molar-refractivity contribution in [1.82, 2.24) is 4.98 Å². The van der Waals surface area contributed by atoms with Crippen LogP contribution in [0.2, 0.25) is 0 Å². The maximum atomic E-state index is 12.2. The largest absolute Gasteiger partial charge is 0.418 e. The minimum Gasteiger partial charge on any atom is -0.359 e. The average Bonchev–Trinajstić information content (AvgIpc) is 2.45. The van der Waals surface area contributed by atoms with Crippen LogP contribution in [0.4, 0.5) is 30.7 Å². The van der Waals surface area contributed by atoms with E-state index < -0.39 is 35.8 Å². The first-order chi connectivity index (χ1) is 6.75. The van der Waals surface area contributed by atoms with E-state index in [1.165, 1.54) is 4.98 Å². The third kappa shape index (κ3) is 2.24. The Bertz CT molecular complexity index is 338. The molecule has 1 N–H and O–H groups in total. The molecule has 0 atom stereocenters. The Hall–Kier alpha value is -1.21. The quantitative estimate of drug-likeness (QED) is 0.748. The van der Waals surface area contributed by atoms with Gasteiger partial charge in [-0.15, -0.1) is 0 Å². The van der Waals surface area contributed by atoms with E-state index in [1.54, 1.807) is 0 Å².